The Balaban J connectivity index is 0.000000168. The van der Waals surface area contributed by atoms with Crippen molar-refractivity contribution >= 4 is 25.6 Å². The van der Waals surface area contributed by atoms with Crippen molar-refractivity contribution < 1.29 is 50.9 Å². The molecule has 0 saturated carbocycles. The summed E-state index contributed by atoms with van der Waals surface area (Å²) in [5, 5.41) is 7.19. The van der Waals surface area contributed by atoms with Gasteiger partial charge in [-0.3, -0.25) is 19.3 Å². The smallest absolute Gasteiger partial charge is 0.345 e. The van der Waals surface area contributed by atoms with E-state index in [1.54, 1.807) is 0 Å². The fourth-order valence-electron chi connectivity index (χ4n) is 4.36. The van der Waals surface area contributed by atoms with Crippen LogP contribution in [0.5, 0.6) is 11.5 Å². The molecule has 6 nitrogen and oxygen atoms in total. The van der Waals surface area contributed by atoms with Crippen molar-refractivity contribution in [3.8, 4) is 33.8 Å². The molecule has 0 aliphatic carbocycles. The molecule has 37 heavy (non-hydrogen) atoms. The van der Waals surface area contributed by atoms with Crippen molar-refractivity contribution in [3.63, 3.8) is 0 Å². The summed E-state index contributed by atoms with van der Waals surface area (Å²) in [6.45, 7) is 8.09. The number of benzene rings is 4. The van der Waals surface area contributed by atoms with E-state index in [-0.39, 0.29) is 32.7 Å². The molecule has 187 valence electrons. The van der Waals surface area contributed by atoms with Crippen LogP contribution in [0, 0.1) is 13.8 Å². The molecule has 2 aliphatic rings. The van der Waals surface area contributed by atoms with E-state index in [4.69, 9.17) is 9.05 Å². The first kappa shape index (κ1) is 28.0. The Kier molecular flexibility index (Phi) is 8.91. The summed E-state index contributed by atoms with van der Waals surface area (Å²) in [7, 11) is -6.10. The largest absolute Gasteiger partial charge is 0.429 e. The van der Waals surface area contributed by atoms with Gasteiger partial charge in [-0.25, -0.2) is 0 Å². The van der Waals surface area contributed by atoms with Gasteiger partial charge in [-0.2, -0.15) is 0 Å². The van der Waals surface area contributed by atoms with Crippen molar-refractivity contribution in [2.75, 3.05) is 13.1 Å². The Morgan fingerprint density at radius 2 is 0.865 bits per heavy atom. The minimum Gasteiger partial charge on any atom is -0.429 e. The van der Waals surface area contributed by atoms with E-state index >= 15 is 0 Å². The molecule has 4 aromatic rings. The molecular formula is C28H26N2O4P2Y-2. The maximum atomic E-state index is 12.8. The van der Waals surface area contributed by atoms with Crippen LogP contribution in [0.15, 0.2) is 97.1 Å². The number of nitrogens with one attached hydrogen (secondary N) is 2. The Labute approximate surface area is 243 Å². The molecule has 6 rings (SSSR count). The molecule has 0 fully saturated rings. The maximum Gasteiger partial charge on any atom is 0.345 e. The maximum absolute atomic E-state index is 12.8. The molecule has 0 amide bonds. The van der Waals surface area contributed by atoms with Crippen LogP contribution >= 0.6 is 15.0 Å². The predicted molar refractivity (Wildman–Crippen MR) is 146 cm³/mol. The number of fused-ring (bicyclic) bond motifs is 6. The Morgan fingerprint density at radius 3 is 1.24 bits per heavy atom. The minimum absolute atomic E-state index is 0. The molecule has 2 N–H and O–H groups in total. The first-order chi connectivity index (χ1) is 17.5. The van der Waals surface area contributed by atoms with Crippen LogP contribution in [0.2, 0.25) is 0 Å². The summed E-state index contributed by atoms with van der Waals surface area (Å²) in [4.78, 5) is 0. The van der Waals surface area contributed by atoms with Crippen LogP contribution in [0.25, 0.3) is 22.3 Å². The monoisotopic (exact) mass is 605 g/mol. The summed E-state index contributed by atoms with van der Waals surface area (Å²) >= 11 is 0. The average molecular weight is 605 g/mol. The van der Waals surface area contributed by atoms with Crippen LogP contribution in [0.3, 0.4) is 0 Å². The van der Waals surface area contributed by atoms with E-state index in [1.807, 2.05) is 97.1 Å². The molecule has 0 bridgehead atoms. The standard InChI is InChI=1S/2C14H13NO2P.Y/c2*1-2-15-18(16)14-10-6-4-8-12(14)11-7-3-5-9-13(11)17-18;/h2*3-10H,1-2H2,(H,15,16);/q2*-1;. The van der Waals surface area contributed by atoms with Crippen LogP contribution < -0.4 is 29.8 Å². The third kappa shape index (κ3) is 5.43. The zero-order valence-electron chi connectivity index (χ0n) is 20.2. The molecular weight excluding hydrogens is 579 g/mol. The molecule has 2 unspecified atom stereocenters. The van der Waals surface area contributed by atoms with Gasteiger partial charge in [0.1, 0.15) is 11.5 Å². The molecule has 9 heteroatoms. The van der Waals surface area contributed by atoms with E-state index < -0.39 is 15.0 Å². The van der Waals surface area contributed by atoms with Gasteiger partial charge in [0.05, 0.1) is 10.6 Å². The fourth-order valence-corrected chi connectivity index (χ4v) is 8.07. The zero-order valence-corrected chi connectivity index (χ0v) is 24.8. The van der Waals surface area contributed by atoms with Crippen LogP contribution in [0.4, 0.5) is 0 Å². The van der Waals surface area contributed by atoms with Crippen LogP contribution in [-0.2, 0) is 41.8 Å². The fraction of sp³-hybridized carbons (Fsp3) is 0.0714. The minimum atomic E-state index is -3.05. The second kappa shape index (κ2) is 11.8. The number of para-hydroxylation sites is 2. The van der Waals surface area contributed by atoms with Crippen molar-refractivity contribution in [2.45, 2.75) is 0 Å². The van der Waals surface area contributed by atoms with E-state index in [9.17, 15) is 9.13 Å². The van der Waals surface area contributed by atoms with E-state index in [0.717, 1.165) is 22.3 Å². The first-order valence-electron chi connectivity index (χ1n) is 11.5. The topological polar surface area (TPSA) is 76.7 Å². The Hall–Kier alpha value is -2.04. The SMILES string of the molecule is [CH2-]CNP1(=O)Oc2ccccc2-c2ccccc21.[CH2-]CNP1(=O)Oc2ccccc2-c2ccccc21.[Y]. The normalized spacial score (nSPS) is 20.2. The Bertz CT molecular complexity index is 1400. The van der Waals surface area contributed by atoms with Crippen molar-refractivity contribution in [2.24, 2.45) is 0 Å². The summed E-state index contributed by atoms with van der Waals surface area (Å²) in [5.74, 6) is 1.31. The van der Waals surface area contributed by atoms with Gasteiger partial charge < -0.3 is 22.9 Å². The second-order valence-corrected chi connectivity index (χ2v) is 12.3. The third-order valence-electron chi connectivity index (χ3n) is 5.89. The summed E-state index contributed by atoms with van der Waals surface area (Å²) in [6.07, 6.45) is 0. The number of hydrogen-bond acceptors (Lipinski definition) is 4. The van der Waals surface area contributed by atoms with E-state index in [1.165, 1.54) is 0 Å². The second-order valence-electron chi connectivity index (χ2n) is 8.13. The molecule has 2 aliphatic heterocycles. The van der Waals surface area contributed by atoms with Crippen LogP contribution in [0.1, 0.15) is 0 Å². The molecule has 2 heterocycles. The molecule has 0 saturated heterocycles. The van der Waals surface area contributed by atoms with Gasteiger partial charge in [0, 0.05) is 55.0 Å². The van der Waals surface area contributed by atoms with Crippen molar-refractivity contribution in [1.82, 2.24) is 10.2 Å². The van der Waals surface area contributed by atoms with Crippen LogP contribution in [-0.4, -0.2) is 13.1 Å². The quantitative estimate of drug-likeness (QED) is 0.221. The Morgan fingerprint density at radius 1 is 0.541 bits per heavy atom. The summed E-state index contributed by atoms with van der Waals surface area (Å²) < 4.78 is 37.1. The number of rotatable bonds is 4. The molecule has 0 spiro atoms. The summed E-state index contributed by atoms with van der Waals surface area (Å²) in [5.41, 5.74) is 3.88. The van der Waals surface area contributed by atoms with Gasteiger partial charge in [0.25, 0.3) is 0 Å². The predicted octanol–water partition coefficient (Wildman–Crippen LogP) is 5.97. The summed E-state index contributed by atoms with van der Waals surface area (Å²) in [6, 6.07) is 30.5. The van der Waals surface area contributed by atoms with Gasteiger partial charge in [-0.1, -0.05) is 72.8 Å². The molecule has 2 atom stereocenters. The number of hydrogen-bond donors (Lipinski definition) is 2. The van der Waals surface area contributed by atoms with Crippen molar-refractivity contribution in [3.05, 3.63) is 111 Å². The van der Waals surface area contributed by atoms with Gasteiger partial charge in [0.2, 0.25) is 0 Å². The van der Waals surface area contributed by atoms with E-state index in [0.29, 0.717) is 35.2 Å². The zero-order chi connectivity index (χ0) is 25.2. The first-order valence-corrected chi connectivity index (χ1v) is 14.8. The van der Waals surface area contributed by atoms with Crippen molar-refractivity contribution in [1.29, 1.82) is 0 Å². The average Bonchev–Trinajstić information content (AvgIpc) is 2.90. The third-order valence-corrected chi connectivity index (χ3v) is 10.1. The molecule has 1 radical (unpaired) electrons. The van der Waals surface area contributed by atoms with Gasteiger partial charge in [-0.15, -0.1) is 13.1 Å². The van der Waals surface area contributed by atoms with E-state index in [2.05, 4.69) is 24.0 Å². The van der Waals surface area contributed by atoms with Gasteiger partial charge in [-0.05, 0) is 24.3 Å². The molecule has 0 aromatic heterocycles. The van der Waals surface area contributed by atoms with Gasteiger partial charge >= 0.3 is 15.0 Å². The van der Waals surface area contributed by atoms with Gasteiger partial charge in [0.15, 0.2) is 0 Å². The molecule has 4 aromatic carbocycles.